The molecule has 0 aliphatic carbocycles. The second-order valence-corrected chi connectivity index (χ2v) is 7.33. The van der Waals surface area contributed by atoms with Crippen molar-refractivity contribution in [1.29, 1.82) is 0 Å². The maximum atomic E-state index is 5.94. The monoisotopic (exact) mass is 356 g/mol. The molecule has 0 spiro atoms. The Bertz CT molecular complexity index is 263. The summed E-state index contributed by atoms with van der Waals surface area (Å²) in [5, 5.41) is 0. The third kappa shape index (κ3) is 2.58. The number of rotatable bonds is 2. The zero-order valence-corrected chi connectivity index (χ0v) is 13.7. The summed E-state index contributed by atoms with van der Waals surface area (Å²) in [4.78, 5) is 0. The first-order valence-electron chi connectivity index (χ1n) is 5.63. The van der Waals surface area contributed by atoms with Crippen LogP contribution in [-0.2, 0) is 18.0 Å². The van der Waals surface area contributed by atoms with Gasteiger partial charge in [0, 0.05) is 5.92 Å². The molecular weight excluding hydrogens is 338 g/mol. The van der Waals surface area contributed by atoms with Crippen LogP contribution in [0.25, 0.3) is 0 Å². The molecule has 2 aliphatic rings. The van der Waals surface area contributed by atoms with Crippen molar-refractivity contribution in [2.24, 2.45) is 5.92 Å². The van der Waals surface area contributed by atoms with Gasteiger partial charge in [0.2, 0.25) is 0 Å². The molecule has 2 aliphatic heterocycles. The van der Waals surface area contributed by atoms with E-state index >= 15 is 0 Å². The Balaban J connectivity index is 2.15. The third-order valence-corrected chi connectivity index (χ3v) is 4.80. The molecule has 16 heavy (non-hydrogen) atoms. The Kier molecular flexibility index (Phi) is 4.23. The standard InChI is InChI=1S/C10H17O4.Al.HI.H/c1-5-6(2)12-9(11)8-7(5)13-10(3,4)14-8;;;/h5-9H,1-4H3;;1H;/q-1;+2;;/p-1/t5-,6?,7-,8?,9+;;;/m0.../s1. The van der Waals surface area contributed by atoms with E-state index in [1.807, 2.05) is 13.8 Å². The van der Waals surface area contributed by atoms with Gasteiger partial charge >= 0.3 is 12.3 Å². The van der Waals surface area contributed by atoms with Crippen molar-refractivity contribution >= 4 is 32.5 Å². The summed E-state index contributed by atoms with van der Waals surface area (Å²) in [7, 11) is 0. The highest BCUT2D eigenvalue weighted by atomic mass is 127. The van der Waals surface area contributed by atoms with Gasteiger partial charge in [0.25, 0.3) is 0 Å². The topological polar surface area (TPSA) is 36.9 Å². The molecule has 0 saturated carbocycles. The van der Waals surface area contributed by atoms with Crippen LogP contribution in [0.1, 0.15) is 27.7 Å². The lowest BCUT2D eigenvalue weighted by Gasteiger charge is -2.39. The highest BCUT2D eigenvalue weighted by Crippen LogP contribution is 2.40. The third-order valence-electron chi connectivity index (χ3n) is 3.27. The number of ether oxygens (including phenoxy) is 3. The molecule has 0 bridgehead atoms. The maximum Gasteiger partial charge on any atom is 0.527 e. The minimum atomic E-state index is -0.533. The van der Waals surface area contributed by atoms with Crippen molar-refractivity contribution in [2.45, 2.75) is 58.1 Å². The average Bonchev–Trinajstić information content (AvgIpc) is 2.51. The van der Waals surface area contributed by atoms with Crippen LogP contribution >= 0.6 is 20.3 Å². The number of halogens is 1. The molecular formula is C10H18AlIO4. The molecule has 2 saturated heterocycles. The molecule has 2 rings (SSSR count). The van der Waals surface area contributed by atoms with Gasteiger partial charge in [-0.05, 0) is 20.8 Å². The van der Waals surface area contributed by atoms with Crippen molar-refractivity contribution in [3.63, 3.8) is 0 Å². The summed E-state index contributed by atoms with van der Waals surface area (Å²) in [6.45, 7) is 8.11. The largest absolute Gasteiger partial charge is 0.527 e. The molecule has 2 fully saturated rings. The van der Waals surface area contributed by atoms with Crippen molar-refractivity contribution < 1.29 is 18.0 Å². The highest BCUT2D eigenvalue weighted by Gasteiger charge is 2.52. The summed E-state index contributed by atoms with van der Waals surface area (Å²) in [6, 6.07) is 0. The Morgan fingerprint density at radius 1 is 1.19 bits per heavy atom. The highest BCUT2D eigenvalue weighted by molar-refractivity contribution is 14.1. The van der Waals surface area contributed by atoms with Crippen LogP contribution < -0.4 is 0 Å². The van der Waals surface area contributed by atoms with E-state index < -0.39 is 18.1 Å². The molecule has 0 aromatic carbocycles. The summed E-state index contributed by atoms with van der Waals surface area (Å²) in [5.74, 6) is -0.187. The second kappa shape index (κ2) is 5.00. The molecule has 5 atom stereocenters. The summed E-state index contributed by atoms with van der Waals surface area (Å²) in [5.41, 5.74) is 0. The smallest absolute Gasteiger partial charge is 0.470 e. The van der Waals surface area contributed by atoms with E-state index in [9.17, 15) is 0 Å². The van der Waals surface area contributed by atoms with Crippen molar-refractivity contribution in [1.82, 2.24) is 0 Å². The normalized spacial score (nSPS) is 46.4. The van der Waals surface area contributed by atoms with Crippen LogP contribution in [0.15, 0.2) is 0 Å². The van der Waals surface area contributed by atoms with Crippen LogP contribution in [0.2, 0.25) is 0 Å². The van der Waals surface area contributed by atoms with Crippen LogP contribution in [0.3, 0.4) is 0 Å². The molecule has 0 radical (unpaired) electrons. The fourth-order valence-electron chi connectivity index (χ4n) is 2.31. The lowest BCUT2D eigenvalue weighted by Crippen LogP contribution is -2.52. The van der Waals surface area contributed by atoms with Gasteiger partial charge in [-0.1, -0.05) is 6.92 Å². The SMILES string of the molecule is CC1O[C@@H]([O][AlH][I])C2OC(C)(C)O[C@H]2[C@H]1C. The fraction of sp³-hybridized carbons (Fsp3) is 1.00. The molecule has 2 unspecified atom stereocenters. The van der Waals surface area contributed by atoms with Gasteiger partial charge in [0.1, 0.15) is 6.10 Å². The van der Waals surface area contributed by atoms with Gasteiger partial charge < -0.3 is 18.0 Å². The van der Waals surface area contributed by atoms with E-state index in [1.165, 1.54) is 0 Å². The van der Waals surface area contributed by atoms with E-state index in [1.54, 1.807) is 0 Å². The van der Waals surface area contributed by atoms with Gasteiger partial charge in [0.15, 0.2) is 12.1 Å². The molecule has 6 heteroatoms. The molecule has 0 amide bonds. The summed E-state index contributed by atoms with van der Waals surface area (Å²) >= 11 is 1.77. The molecule has 2 heterocycles. The lowest BCUT2D eigenvalue weighted by molar-refractivity contribution is -0.226. The molecule has 0 aromatic heterocycles. The first-order valence-corrected chi connectivity index (χ1v) is 11.3. The molecule has 4 nitrogen and oxygen atoms in total. The average molecular weight is 356 g/mol. The van der Waals surface area contributed by atoms with Crippen LogP contribution in [0.5, 0.6) is 0 Å². The van der Waals surface area contributed by atoms with Gasteiger partial charge in [-0.3, -0.25) is 0 Å². The number of fused-ring (bicyclic) bond motifs is 1. The Hall–Kier alpha value is 1.10. The summed E-state index contributed by atoms with van der Waals surface area (Å²) in [6.07, 6.45) is -0.0913. The molecule has 0 N–H and O–H groups in total. The fourth-order valence-corrected chi connectivity index (χ4v) is 3.77. The first kappa shape index (κ1) is 13.5. The minimum Gasteiger partial charge on any atom is -0.470 e. The van der Waals surface area contributed by atoms with Gasteiger partial charge in [-0.15, -0.1) is 0 Å². The molecule has 0 aromatic rings. The Morgan fingerprint density at radius 3 is 2.44 bits per heavy atom. The first-order chi connectivity index (χ1) is 7.44. The zero-order valence-electron chi connectivity index (χ0n) is 10.1. The van der Waals surface area contributed by atoms with Crippen LogP contribution in [-0.4, -0.2) is 42.7 Å². The van der Waals surface area contributed by atoms with Crippen molar-refractivity contribution in [3.8, 4) is 0 Å². The van der Waals surface area contributed by atoms with E-state index in [2.05, 4.69) is 34.1 Å². The van der Waals surface area contributed by atoms with E-state index in [4.69, 9.17) is 18.0 Å². The Morgan fingerprint density at radius 2 is 1.81 bits per heavy atom. The maximum absolute atomic E-state index is 5.94. The quantitative estimate of drug-likeness (QED) is 0.557. The van der Waals surface area contributed by atoms with Gasteiger partial charge in [-0.25, -0.2) is 0 Å². The van der Waals surface area contributed by atoms with Gasteiger partial charge in [0.05, 0.1) is 12.2 Å². The predicted molar refractivity (Wildman–Crippen MR) is 69.6 cm³/mol. The second-order valence-electron chi connectivity index (χ2n) is 4.91. The summed E-state index contributed by atoms with van der Waals surface area (Å²) < 4.78 is 23.4. The van der Waals surface area contributed by atoms with Crippen molar-refractivity contribution in [2.75, 3.05) is 0 Å². The van der Waals surface area contributed by atoms with E-state index in [-0.39, 0.29) is 24.6 Å². The minimum absolute atomic E-state index is 0.0801. The van der Waals surface area contributed by atoms with Crippen molar-refractivity contribution in [3.05, 3.63) is 0 Å². The zero-order chi connectivity index (χ0) is 11.9. The van der Waals surface area contributed by atoms with Crippen LogP contribution in [0, 0.1) is 5.92 Å². The Labute approximate surface area is 114 Å². The van der Waals surface area contributed by atoms with Crippen LogP contribution in [0.4, 0.5) is 0 Å². The van der Waals surface area contributed by atoms with E-state index in [0.29, 0.717) is 5.92 Å². The van der Waals surface area contributed by atoms with Gasteiger partial charge in [-0.2, -0.15) is 20.3 Å². The molecule has 92 valence electrons. The predicted octanol–water partition coefficient (Wildman–Crippen LogP) is 1.61. The number of hydrogen-bond donors (Lipinski definition) is 0. The van der Waals surface area contributed by atoms with E-state index in [0.717, 1.165) is 0 Å². The lowest BCUT2D eigenvalue weighted by atomic mass is 9.92. The number of hydrogen-bond acceptors (Lipinski definition) is 4.